The summed E-state index contributed by atoms with van der Waals surface area (Å²) in [5, 5.41) is 0. The molecule has 1 heterocycles. The van der Waals surface area contributed by atoms with E-state index in [1.165, 1.54) is 4.31 Å². The first-order valence-corrected chi connectivity index (χ1v) is 9.75. The summed E-state index contributed by atoms with van der Waals surface area (Å²) in [7, 11) is -3.54. The van der Waals surface area contributed by atoms with E-state index in [0.29, 0.717) is 24.3 Å². The minimum absolute atomic E-state index is 0.0550. The van der Waals surface area contributed by atoms with Gasteiger partial charge in [0.05, 0.1) is 11.0 Å². The molecule has 0 aliphatic carbocycles. The highest BCUT2D eigenvalue weighted by Crippen LogP contribution is 2.33. The third-order valence-electron chi connectivity index (χ3n) is 4.40. The van der Waals surface area contributed by atoms with E-state index in [0.717, 1.165) is 11.1 Å². The van der Waals surface area contributed by atoms with E-state index >= 15 is 0 Å². The van der Waals surface area contributed by atoms with E-state index < -0.39 is 16.3 Å². The van der Waals surface area contributed by atoms with Crippen LogP contribution in [-0.2, 0) is 14.8 Å². The van der Waals surface area contributed by atoms with Crippen molar-refractivity contribution in [1.82, 2.24) is 4.31 Å². The van der Waals surface area contributed by atoms with Crippen molar-refractivity contribution in [2.24, 2.45) is 0 Å². The van der Waals surface area contributed by atoms with Crippen molar-refractivity contribution in [1.29, 1.82) is 0 Å². The van der Waals surface area contributed by atoms with Crippen molar-refractivity contribution in [3.8, 4) is 0 Å². The smallest absolute Gasteiger partial charge is 0.245 e. The minimum Gasteiger partial charge on any atom is -0.354 e. The van der Waals surface area contributed by atoms with Gasteiger partial charge >= 0.3 is 0 Å². The van der Waals surface area contributed by atoms with Gasteiger partial charge in [0.15, 0.2) is 0 Å². The maximum atomic E-state index is 13.0. The molecule has 0 radical (unpaired) electrons. The van der Waals surface area contributed by atoms with Crippen LogP contribution in [-0.4, -0.2) is 25.5 Å². The van der Waals surface area contributed by atoms with Gasteiger partial charge in [0.2, 0.25) is 10.0 Å². The van der Waals surface area contributed by atoms with E-state index in [4.69, 9.17) is 4.74 Å². The molecule has 1 aliphatic heterocycles. The first-order chi connectivity index (χ1) is 11.5. The Morgan fingerprint density at radius 2 is 1.75 bits per heavy atom. The lowest BCUT2D eigenvalue weighted by molar-refractivity contribution is -0.109. The average Bonchev–Trinajstić information content (AvgIpc) is 2.62. The number of benzene rings is 2. The normalized spacial score (nSPS) is 22.4. The Morgan fingerprint density at radius 3 is 2.38 bits per heavy atom. The molecule has 0 bridgehead atoms. The van der Waals surface area contributed by atoms with E-state index in [2.05, 4.69) is 0 Å². The van der Waals surface area contributed by atoms with E-state index in [1.807, 2.05) is 56.3 Å². The lowest BCUT2D eigenvalue weighted by atomic mass is 10.1. The molecule has 24 heavy (non-hydrogen) atoms. The van der Waals surface area contributed by atoms with Crippen molar-refractivity contribution < 1.29 is 13.2 Å². The Balaban J connectivity index is 1.83. The van der Waals surface area contributed by atoms with Gasteiger partial charge in [0.25, 0.3) is 0 Å². The minimum atomic E-state index is -3.54. The first-order valence-electron chi connectivity index (χ1n) is 8.31. The van der Waals surface area contributed by atoms with Gasteiger partial charge < -0.3 is 4.74 Å². The van der Waals surface area contributed by atoms with Crippen molar-refractivity contribution in [2.75, 3.05) is 6.54 Å². The van der Waals surface area contributed by atoms with Gasteiger partial charge in [-0.3, -0.25) is 0 Å². The summed E-state index contributed by atoms with van der Waals surface area (Å²) < 4.78 is 33.5. The third-order valence-corrected chi connectivity index (χ3v) is 6.31. The average molecular weight is 345 g/mol. The van der Waals surface area contributed by atoms with Crippen LogP contribution in [0.3, 0.4) is 0 Å². The number of hydrogen-bond donors (Lipinski definition) is 0. The highest BCUT2D eigenvalue weighted by Gasteiger charge is 2.37. The molecule has 0 saturated carbocycles. The molecule has 5 heteroatoms. The van der Waals surface area contributed by atoms with Gasteiger partial charge in [-0.25, -0.2) is 8.42 Å². The van der Waals surface area contributed by atoms with E-state index in [-0.39, 0.29) is 6.10 Å². The standard InChI is InChI=1S/C19H23NO3S/c1-3-19-20(24(21,22)17-11-9-15(2)10-12-17)14-13-18(23-19)16-7-5-4-6-8-16/h4-12,18-19H,3,13-14H2,1-2H3/t18-,19+/m1/s1. The van der Waals surface area contributed by atoms with Crippen molar-refractivity contribution in [3.05, 3.63) is 65.7 Å². The summed E-state index contributed by atoms with van der Waals surface area (Å²) in [6.07, 6.45) is 0.788. The van der Waals surface area contributed by atoms with Gasteiger partial charge in [-0.2, -0.15) is 4.31 Å². The number of hydrogen-bond acceptors (Lipinski definition) is 3. The molecule has 2 atom stereocenters. The van der Waals surface area contributed by atoms with Crippen LogP contribution in [0.25, 0.3) is 0 Å². The summed E-state index contributed by atoms with van der Waals surface area (Å²) in [5.41, 5.74) is 2.14. The van der Waals surface area contributed by atoms with Crippen LogP contribution < -0.4 is 0 Å². The van der Waals surface area contributed by atoms with Gasteiger partial charge in [-0.1, -0.05) is 55.0 Å². The van der Waals surface area contributed by atoms with Crippen LogP contribution in [0.1, 0.15) is 37.0 Å². The molecular formula is C19H23NO3S. The Kier molecular flexibility index (Phi) is 5.04. The maximum Gasteiger partial charge on any atom is 0.245 e. The summed E-state index contributed by atoms with van der Waals surface area (Å²) in [6, 6.07) is 17.0. The fourth-order valence-electron chi connectivity index (χ4n) is 3.05. The summed E-state index contributed by atoms with van der Waals surface area (Å²) in [4.78, 5) is 0.327. The Hall–Kier alpha value is -1.69. The maximum absolute atomic E-state index is 13.0. The molecule has 0 unspecified atom stereocenters. The van der Waals surface area contributed by atoms with Crippen molar-refractivity contribution in [2.45, 2.75) is 43.9 Å². The predicted octanol–water partition coefficient (Wildman–Crippen LogP) is 3.88. The highest BCUT2D eigenvalue weighted by atomic mass is 32.2. The van der Waals surface area contributed by atoms with Gasteiger partial charge in [0, 0.05) is 6.54 Å². The lowest BCUT2D eigenvalue weighted by Crippen LogP contribution is -2.46. The molecule has 0 spiro atoms. The number of nitrogens with zero attached hydrogens (tertiary/aromatic N) is 1. The van der Waals surface area contributed by atoms with Crippen LogP contribution in [0, 0.1) is 6.92 Å². The van der Waals surface area contributed by atoms with Gasteiger partial charge in [-0.05, 0) is 37.5 Å². The van der Waals surface area contributed by atoms with Crippen molar-refractivity contribution >= 4 is 10.0 Å². The quantitative estimate of drug-likeness (QED) is 0.845. The van der Waals surface area contributed by atoms with Gasteiger partial charge in [0.1, 0.15) is 6.23 Å². The molecule has 1 fully saturated rings. The fourth-order valence-corrected chi connectivity index (χ4v) is 4.65. The van der Waals surface area contributed by atoms with Crippen LogP contribution in [0.2, 0.25) is 0 Å². The molecule has 0 aromatic heterocycles. The fraction of sp³-hybridized carbons (Fsp3) is 0.368. The molecular weight excluding hydrogens is 322 g/mol. The molecule has 3 rings (SSSR count). The zero-order valence-corrected chi connectivity index (χ0v) is 14.9. The van der Waals surface area contributed by atoms with Crippen LogP contribution in [0.5, 0.6) is 0 Å². The summed E-state index contributed by atoms with van der Waals surface area (Å²) in [6.45, 7) is 4.36. The third kappa shape index (κ3) is 3.38. The molecule has 0 N–H and O–H groups in total. The zero-order chi connectivity index (χ0) is 17.2. The first kappa shape index (κ1) is 17.1. The predicted molar refractivity (Wildman–Crippen MR) is 94.0 cm³/mol. The SMILES string of the molecule is CC[C@@H]1O[C@@H](c2ccccc2)CCN1S(=O)(=O)c1ccc(C)cc1. The van der Waals surface area contributed by atoms with Crippen LogP contribution >= 0.6 is 0 Å². The number of sulfonamides is 1. The molecule has 1 saturated heterocycles. The van der Waals surface area contributed by atoms with Crippen LogP contribution in [0.15, 0.2) is 59.5 Å². The molecule has 128 valence electrons. The topological polar surface area (TPSA) is 46.6 Å². The molecule has 2 aromatic rings. The Bertz CT molecular complexity index is 772. The second-order valence-electron chi connectivity index (χ2n) is 6.12. The Morgan fingerprint density at radius 1 is 1.08 bits per heavy atom. The number of ether oxygens (including phenoxy) is 1. The summed E-state index contributed by atoms with van der Waals surface area (Å²) >= 11 is 0. The summed E-state index contributed by atoms with van der Waals surface area (Å²) in [5.74, 6) is 0. The van der Waals surface area contributed by atoms with Gasteiger partial charge in [-0.15, -0.1) is 0 Å². The molecule has 4 nitrogen and oxygen atoms in total. The number of rotatable bonds is 4. The second-order valence-corrected chi connectivity index (χ2v) is 8.01. The van der Waals surface area contributed by atoms with Crippen molar-refractivity contribution in [3.63, 3.8) is 0 Å². The van der Waals surface area contributed by atoms with E-state index in [9.17, 15) is 8.42 Å². The molecule has 2 aromatic carbocycles. The molecule has 1 aliphatic rings. The highest BCUT2D eigenvalue weighted by molar-refractivity contribution is 7.89. The second kappa shape index (κ2) is 7.05. The molecule has 0 amide bonds. The monoisotopic (exact) mass is 345 g/mol. The lowest BCUT2D eigenvalue weighted by Gasteiger charge is -2.38. The number of aryl methyl sites for hydroxylation is 1. The van der Waals surface area contributed by atoms with Crippen LogP contribution in [0.4, 0.5) is 0 Å². The largest absolute Gasteiger partial charge is 0.354 e. The zero-order valence-electron chi connectivity index (χ0n) is 14.1. The van der Waals surface area contributed by atoms with E-state index in [1.54, 1.807) is 12.1 Å². The Labute approximate surface area is 144 Å².